The minimum Gasteiger partial charge on any atom is -0.444 e. The van der Waals surface area contributed by atoms with Crippen LogP contribution in [-0.4, -0.2) is 34.7 Å². The number of hydrogen-bond donors (Lipinski definition) is 1. The van der Waals surface area contributed by atoms with Gasteiger partial charge in [-0.1, -0.05) is 0 Å². The molecule has 1 aromatic rings. The average Bonchev–Trinajstić information content (AvgIpc) is 2.70. The fraction of sp³-hybridized carbons (Fsp3) is 0.364. The highest BCUT2D eigenvalue weighted by molar-refractivity contribution is 9.10. The summed E-state index contributed by atoms with van der Waals surface area (Å²) in [7, 11) is 0. The second kappa shape index (κ2) is 4.24. The molecule has 0 bridgehead atoms. The van der Waals surface area contributed by atoms with Gasteiger partial charge in [-0.25, -0.2) is 0 Å². The highest BCUT2D eigenvalue weighted by Crippen LogP contribution is 2.23. The smallest absolute Gasteiger partial charge is 0.290 e. The van der Waals surface area contributed by atoms with Gasteiger partial charge in [0.25, 0.3) is 11.8 Å². The lowest BCUT2D eigenvalue weighted by molar-refractivity contribution is -0.143. The molecule has 2 heterocycles. The first kappa shape index (κ1) is 12.8. The Kier molecular flexibility index (Phi) is 3.02. The summed E-state index contributed by atoms with van der Waals surface area (Å²) in [6.07, 6.45) is 0. The van der Waals surface area contributed by atoms with E-state index in [-0.39, 0.29) is 12.3 Å². The molecule has 2 rings (SSSR count). The van der Waals surface area contributed by atoms with E-state index >= 15 is 0 Å². The standard InChI is InChI=1S/C11H11BrN2O4/c1-11(2)10(17)13-8(15)5-14(11)9(16)6-3-4-7(12)18-6/h3-4H,5H2,1-2H3,(H,13,15,17). The number of nitrogens with zero attached hydrogens (tertiary/aromatic N) is 1. The molecule has 1 fully saturated rings. The Morgan fingerprint density at radius 1 is 1.44 bits per heavy atom. The second-order valence-corrected chi connectivity index (χ2v) is 5.21. The summed E-state index contributed by atoms with van der Waals surface area (Å²) in [4.78, 5) is 36.5. The quantitative estimate of drug-likeness (QED) is 0.782. The van der Waals surface area contributed by atoms with Crippen LogP contribution in [0.5, 0.6) is 0 Å². The number of halogens is 1. The van der Waals surface area contributed by atoms with Gasteiger partial charge < -0.3 is 9.32 Å². The van der Waals surface area contributed by atoms with Gasteiger partial charge in [-0.2, -0.15) is 0 Å². The van der Waals surface area contributed by atoms with E-state index in [1.165, 1.54) is 11.0 Å². The van der Waals surface area contributed by atoms with Gasteiger partial charge in [-0.15, -0.1) is 0 Å². The topological polar surface area (TPSA) is 79.6 Å². The van der Waals surface area contributed by atoms with Crippen molar-refractivity contribution in [1.29, 1.82) is 0 Å². The molecule has 0 unspecified atom stereocenters. The van der Waals surface area contributed by atoms with E-state index in [2.05, 4.69) is 21.2 Å². The largest absolute Gasteiger partial charge is 0.444 e. The molecule has 1 saturated heterocycles. The molecule has 0 aliphatic carbocycles. The second-order valence-electron chi connectivity index (χ2n) is 4.43. The molecule has 0 spiro atoms. The van der Waals surface area contributed by atoms with Gasteiger partial charge in [0.15, 0.2) is 10.4 Å². The summed E-state index contributed by atoms with van der Waals surface area (Å²) in [5.41, 5.74) is -1.09. The van der Waals surface area contributed by atoms with Gasteiger partial charge in [0, 0.05) is 0 Å². The highest BCUT2D eigenvalue weighted by Gasteiger charge is 2.44. The summed E-state index contributed by atoms with van der Waals surface area (Å²) in [5, 5.41) is 2.20. The molecule has 7 heteroatoms. The Balaban J connectivity index is 2.33. The number of piperazine rings is 1. The third-order valence-electron chi connectivity index (χ3n) is 2.81. The number of hydrogen-bond acceptors (Lipinski definition) is 4. The minimum atomic E-state index is -1.09. The monoisotopic (exact) mass is 314 g/mol. The van der Waals surface area contributed by atoms with Gasteiger partial charge in [0.1, 0.15) is 12.1 Å². The number of nitrogens with one attached hydrogen (secondary N) is 1. The first-order chi connectivity index (χ1) is 8.32. The number of imide groups is 1. The summed E-state index contributed by atoms with van der Waals surface area (Å²) in [6.45, 7) is 2.98. The molecule has 3 amide bonds. The summed E-state index contributed by atoms with van der Waals surface area (Å²) >= 11 is 3.09. The molecule has 6 nitrogen and oxygen atoms in total. The summed E-state index contributed by atoms with van der Waals surface area (Å²) in [5.74, 6) is -1.41. The summed E-state index contributed by atoms with van der Waals surface area (Å²) < 4.78 is 5.56. The predicted octanol–water partition coefficient (Wildman–Crippen LogP) is 0.919. The van der Waals surface area contributed by atoms with Crippen LogP contribution in [-0.2, 0) is 9.59 Å². The van der Waals surface area contributed by atoms with E-state index in [4.69, 9.17) is 4.42 Å². The first-order valence-corrected chi connectivity index (χ1v) is 6.03. The fourth-order valence-corrected chi connectivity index (χ4v) is 1.98. The zero-order valence-electron chi connectivity index (χ0n) is 9.82. The Morgan fingerprint density at radius 2 is 2.11 bits per heavy atom. The van der Waals surface area contributed by atoms with Crippen LogP contribution < -0.4 is 5.32 Å². The average molecular weight is 315 g/mol. The SMILES string of the molecule is CC1(C)C(=O)NC(=O)CN1C(=O)c1ccc(Br)o1. The first-order valence-electron chi connectivity index (χ1n) is 5.24. The minimum absolute atomic E-state index is 0.0810. The number of furan rings is 1. The van der Waals surface area contributed by atoms with Gasteiger partial charge in [-0.05, 0) is 41.9 Å². The van der Waals surface area contributed by atoms with Crippen LogP contribution in [0.2, 0.25) is 0 Å². The highest BCUT2D eigenvalue weighted by atomic mass is 79.9. The summed E-state index contributed by atoms with van der Waals surface area (Å²) in [6, 6.07) is 3.06. The molecule has 0 saturated carbocycles. The van der Waals surface area contributed by atoms with Crippen molar-refractivity contribution in [2.24, 2.45) is 0 Å². The van der Waals surface area contributed by atoms with E-state index in [1.54, 1.807) is 19.9 Å². The van der Waals surface area contributed by atoms with E-state index in [9.17, 15) is 14.4 Å². The molecule has 96 valence electrons. The van der Waals surface area contributed by atoms with Crippen LogP contribution in [0.1, 0.15) is 24.4 Å². The van der Waals surface area contributed by atoms with Crippen LogP contribution in [0.4, 0.5) is 0 Å². The number of amides is 3. The van der Waals surface area contributed by atoms with Crippen molar-refractivity contribution in [2.75, 3.05) is 6.54 Å². The molecule has 1 aliphatic rings. The van der Waals surface area contributed by atoms with Crippen molar-refractivity contribution in [2.45, 2.75) is 19.4 Å². The van der Waals surface area contributed by atoms with E-state index in [1.807, 2.05) is 0 Å². The molecule has 0 atom stereocenters. The predicted molar refractivity (Wildman–Crippen MR) is 64.7 cm³/mol. The van der Waals surface area contributed by atoms with Crippen LogP contribution in [0, 0.1) is 0 Å². The lowest BCUT2D eigenvalue weighted by Gasteiger charge is -2.39. The van der Waals surface area contributed by atoms with Crippen molar-refractivity contribution < 1.29 is 18.8 Å². The van der Waals surface area contributed by atoms with Gasteiger partial charge >= 0.3 is 0 Å². The number of carbonyl (C=O) groups is 3. The molecular formula is C11H11BrN2O4. The molecule has 1 aromatic heterocycles. The Labute approximate surface area is 111 Å². The van der Waals surface area contributed by atoms with Crippen molar-refractivity contribution in [1.82, 2.24) is 10.2 Å². The molecule has 1 aliphatic heterocycles. The zero-order valence-corrected chi connectivity index (χ0v) is 11.4. The number of rotatable bonds is 1. The van der Waals surface area contributed by atoms with E-state index in [0.717, 1.165) is 0 Å². The maximum atomic E-state index is 12.2. The van der Waals surface area contributed by atoms with Crippen LogP contribution in [0.15, 0.2) is 21.2 Å². The normalized spacial score (nSPS) is 18.7. The molecular weight excluding hydrogens is 304 g/mol. The maximum Gasteiger partial charge on any atom is 0.290 e. The van der Waals surface area contributed by atoms with Crippen molar-refractivity contribution in [3.8, 4) is 0 Å². The van der Waals surface area contributed by atoms with Gasteiger partial charge in [0.05, 0.1) is 0 Å². The van der Waals surface area contributed by atoms with Crippen molar-refractivity contribution in [3.63, 3.8) is 0 Å². The fourth-order valence-electron chi connectivity index (χ4n) is 1.67. The Morgan fingerprint density at radius 3 is 2.67 bits per heavy atom. The van der Waals surface area contributed by atoms with Gasteiger partial charge in [0.2, 0.25) is 5.91 Å². The van der Waals surface area contributed by atoms with Crippen molar-refractivity contribution >= 4 is 33.7 Å². The maximum absolute atomic E-state index is 12.2. The zero-order chi connectivity index (χ0) is 13.5. The van der Waals surface area contributed by atoms with Crippen molar-refractivity contribution in [3.05, 3.63) is 22.6 Å². The Hall–Kier alpha value is -1.63. The molecule has 0 radical (unpaired) electrons. The lowest BCUT2D eigenvalue weighted by atomic mass is 9.98. The number of carbonyl (C=O) groups excluding carboxylic acids is 3. The van der Waals surface area contributed by atoms with Crippen LogP contribution >= 0.6 is 15.9 Å². The molecule has 18 heavy (non-hydrogen) atoms. The van der Waals surface area contributed by atoms with Crippen LogP contribution in [0.25, 0.3) is 0 Å². The van der Waals surface area contributed by atoms with Crippen LogP contribution in [0.3, 0.4) is 0 Å². The molecule has 0 aromatic carbocycles. The van der Waals surface area contributed by atoms with Gasteiger partial charge in [-0.3, -0.25) is 19.7 Å². The third-order valence-corrected chi connectivity index (χ3v) is 3.24. The Bertz CT molecular complexity index is 535. The lowest BCUT2D eigenvalue weighted by Crippen LogP contribution is -2.65. The van der Waals surface area contributed by atoms with E-state index < -0.39 is 23.3 Å². The third kappa shape index (κ3) is 2.05. The molecule has 1 N–H and O–H groups in total. The van der Waals surface area contributed by atoms with E-state index in [0.29, 0.717) is 4.67 Å².